The van der Waals surface area contributed by atoms with E-state index < -0.39 is 29.3 Å². The first-order chi connectivity index (χ1) is 15.5. The lowest BCUT2D eigenvalue weighted by Gasteiger charge is -2.24. The Morgan fingerprint density at radius 2 is 1.97 bits per heavy atom. The zero-order valence-corrected chi connectivity index (χ0v) is 18.2. The first-order valence-corrected chi connectivity index (χ1v) is 11.2. The Hall–Kier alpha value is -3.56. The van der Waals surface area contributed by atoms with Crippen molar-refractivity contribution in [3.63, 3.8) is 0 Å². The van der Waals surface area contributed by atoms with Crippen LogP contribution in [0.4, 0.5) is 9.52 Å². The molecule has 0 saturated carbocycles. The van der Waals surface area contributed by atoms with Crippen molar-refractivity contribution in [1.29, 1.82) is 0 Å². The molecule has 1 atom stereocenters. The van der Waals surface area contributed by atoms with E-state index >= 15 is 0 Å². The number of halogens is 1. The summed E-state index contributed by atoms with van der Waals surface area (Å²) in [7, 11) is 1.54. The van der Waals surface area contributed by atoms with Gasteiger partial charge >= 0.3 is 0 Å². The predicted molar refractivity (Wildman–Crippen MR) is 121 cm³/mol. The number of ketones is 1. The van der Waals surface area contributed by atoms with Gasteiger partial charge in [-0.25, -0.2) is 9.37 Å². The molecule has 6 nitrogen and oxygen atoms in total. The molecule has 0 aliphatic carbocycles. The van der Waals surface area contributed by atoms with Gasteiger partial charge in [0.15, 0.2) is 10.9 Å². The van der Waals surface area contributed by atoms with Crippen LogP contribution in [0, 0.1) is 5.82 Å². The van der Waals surface area contributed by atoms with Gasteiger partial charge in [-0.1, -0.05) is 29.5 Å². The summed E-state index contributed by atoms with van der Waals surface area (Å²) in [6.07, 6.45) is 0. The van der Waals surface area contributed by atoms with Crippen molar-refractivity contribution in [1.82, 2.24) is 4.98 Å². The van der Waals surface area contributed by atoms with Crippen molar-refractivity contribution in [3.8, 4) is 5.75 Å². The number of anilines is 1. The standard InChI is InChI=1S/C23H15FN2O4S2/c1-30-14-7-4-12(5-8-14)19-18(20(27)16-3-2-10-31-16)21(28)22(29)26(19)23-25-15-9-6-13(24)11-17(15)32-23/h2-11,19,28H,1H3. The van der Waals surface area contributed by atoms with Gasteiger partial charge in [-0.05, 0) is 47.3 Å². The normalized spacial score (nSPS) is 16.2. The van der Waals surface area contributed by atoms with Crippen molar-refractivity contribution in [2.24, 2.45) is 0 Å². The highest BCUT2D eigenvalue weighted by Crippen LogP contribution is 2.44. The molecule has 1 N–H and O–H groups in total. The Morgan fingerprint density at radius 3 is 2.66 bits per heavy atom. The minimum Gasteiger partial charge on any atom is -0.503 e. The van der Waals surface area contributed by atoms with E-state index in [-0.39, 0.29) is 10.7 Å². The maximum absolute atomic E-state index is 13.7. The van der Waals surface area contributed by atoms with Crippen LogP contribution < -0.4 is 9.64 Å². The van der Waals surface area contributed by atoms with E-state index in [1.54, 1.807) is 41.8 Å². The summed E-state index contributed by atoms with van der Waals surface area (Å²) in [5.41, 5.74) is 1.10. The number of rotatable bonds is 5. The highest BCUT2D eigenvalue weighted by atomic mass is 32.1. The fraction of sp³-hybridized carbons (Fsp3) is 0.0870. The van der Waals surface area contributed by atoms with Gasteiger partial charge in [0, 0.05) is 0 Å². The lowest BCUT2D eigenvalue weighted by molar-refractivity contribution is -0.117. The molecular formula is C23H15FN2O4S2. The van der Waals surface area contributed by atoms with Crippen LogP contribution in [0.1, 0.15) is 21.3 Å². The van der Waals surface area contributed by atoms with Crippen LogP contribution in [0.25, 0.3) is 10.2 Å². The molecule has 0 radical (unpaired) electrons. The number of hydrogen-bond donors (Lipinski definition) is 1. The number of fused-ring (bicyclic) bond motifs is 1. The van der Waals surface area contributed by atoms with Gasteiger partial charge in [-0.2, -0.15) is 0 Å². The second-order valence-electron chi connectivity index (χ2n) is 7.03. The van der Waals surface area contributed by atoms with Gasteiger partial charge in [0.05, 0.1) is 33.8 Å². The van der Waals surface area contributed by atoms with Gasteiger partial charge < -0.3 is 9.84 Å². The Kier molecular flexibility index (Phi) is 4.99. The fourth-order valence-electron chi connectivity index (χ4n) is 3.67. The van der Waals surface area contributed by atoms with Crippen LogP contribution in [0.15, 0.2) is 71.3 Å². The topological polar surface area (TPSA) is 79.7 Å². The summed E-state index contributed by atoms with van der Waals surface area (Å²) in [5.74, 6) is -1.58. The number of nitrogens with zero attached hydrogens (tertiary/aromatic N) is 2. The zero-order chi connectivity index (χ0) is 22.4. The third-order valence-corrected chi connectivity index (χ3v) is 7.06. The molecular weight excluding hydrogens is 451 g/mol. The van der Waals surface area contributed by atoms with E-state index in [2.05, 4.69) is 4.98 Å². The second-order valence-corrected chi connectivity index (χ2v) is 8.98. The minimum atomic E-state index is -0.895. The number of aliphatic hydroxyl groups is 1. The summed E-state index contributed by atoms with van der Waals surface area (Å²) in [4.78, 5) is 32.6. The lowest BCUT2D eigenvalue weighted by atomic mass is 9.95. The predicted octanol–water partition coefficient (Wildman–Crippen LogP) is 5.29. The van der Waals surface area contributed by atoms with Crippen LogP contribution in [0.3, 0.4) is 0 Å². The fourth-order valence-corrected chi connectivity index (χ4v) is 5.36. The van der Waals surface area contributed by atoms with Gasteiger partial charge in [-0.15, -0.1) is 11.3 Å². The highest BCUT2D eigenvalue weighted by molar-refractivity contribution is 7.22. The average molecular weight is 467 g/mol. The maximum Gasteiger partial charge on any atom is 0.296 e. The molecule has 160 valence electrons. The maximum atomic E-state index is 13.7. The molecule has 1 aliphatic heterocycles. The Balaban J connectivity index is 1.67. The number of aromatic nitrogens is 1. The number of carbonyl (C=O) groups excluding carboxylic acids is 2. The lowest BCUT2D eigenvalue weighted by Crippen LogP contribution is -2.30. The number of Topliss-reactive ketones (excluding diaryl/α,β-unsaturated/α-hetero) is 1. The molecule has 0 spiro atoms. The number of ether oxygens (including phenoxy) is 1. The quantitative estimate of drug-likeness (QED) is 0.405. The summed E-state index contributed by atoms with van der Waals surface area (Å²) in [6, 6.07) is 13.5. The SMILES string of the molecule is COc1ccc(C2C(C(=O)c3cccs3)=C(O)C(=O)N2c2nc3ccc(F)cc3s2)cc1. The zero-order valence-electron chi connectivity index (χ0n) is 16.6. The molecule has 0 fully saturated rings. The molecule has 32 heavy (non-hydrogen) atoms. The van der Waals surface area contributed by atoms with Crippen molar-refractivity contribution in [2.75, 3.05) is 12.0 Å². The molecule has 3 heterocycles. The summed E-state index contributed by atoms with van der Waals surface area (Å²) < 4.78 is 19.5. The molecule has 5 rings (SSSR count). The van der Waals surface area contributed by atoms with E-state index in [1.807, 2.05) is 0 Å². The highest BCUT2D eigenvalue weighted by Gasteiger charge is 2.46. The number of amides is 1. The number of thiophene rings is 1. The largest absolute Gasteiger partial charge is 0.503 e. The van der Waals surface area contributed by atoms with Gasteiger partial charge in [0.1, 0.15) is 11.6 Å². The van der Waals surface area contributed by atoms with Gasteiger partial charge in [0.2, 0.25) is 5.78 Å². The molecule has 2 aromatic carbocycles. The third-order valence-electron chi connectivity index (χ3n) is 5.17. The van der Waals surface area contributed by atoms with Crippen LogP contribution >= 0.6 is 22.7 Å². The minimum absolute atomic E-state index is 0.0203. The van der Waals surface area contributed by atoms with Crippen molar-refractivity contribution in [3.05, 3.63) is 87.6 Å². The van der Waals surface area contributed by atoms with Crippen LogP contribution in [0.5, 0.6) is 5.75 Å². The molecule has 1 unspecified atom stereocenters. The Morgan fingerprint density at radius 1 is 1.19 bits per heavy atom. The molecule has 4 aromatic rings. The van der Waals surface area contributed by atoms with Crippen molar-refractivity contribution in [2.45, 2.75) is 6.04 Å². The molecule has 2 aromatic heterocycles. The second kappa shape index (κ2) is 7.85. The van der Waals surface area contributed by atoms with E-state index in [1.165, 1.54) is 41.5 Å². The number of hydrogen-bond acceptors (Lipinski definition) is 7. The Bertz CT molecular complexity index is 1380. The van der Waals surface area contributed by atoms with Gasteiger partial charge in [-0.3, -0.25) is 14.5 Å². The number of methoxy groups -OCH3 is 1. The molecule has 1 amide bonds. The summed E-state index contributed by atoms with van der Waals surface area (Å²) >= 11 is 2.34. The molecule has 9 heteroatoms. The van der Waals surface area contributed by atoms with E-state index in [4.69, 9.17) is 4.74 Å². The summed E-state index contributed by atoms with van der Waals surface area (Å²) in [6.45, 7) is 0. The first-order valence-electron chi connectivity index (χ1n) is 9.53. The van der Waals surface area contributed by atoms with Crippen molar-refractivity contribution >= 4 is 49.7 Å². The van der Waals surface area contributed by atoms with E-state index in [0.29, 0.717) is 26.4 Å². The average Bonchev–Trinajstić information content (AvgIpc) is 3.52. The Labute approximate surface area is 189 Å². The number of aliphatic hydroxyl groups excluding tert-OH is 1. The number of carbonyl (C=O) groups is 2. The van der Waals surface area contributed by atoms with E-state index in [9.17, 15) is 19.1 Å². The van der Waals surface area contributed by atoms with Crippen molar-refractivity contribution < 1.29 is 23.8 Å². The molecule has 0 bridgehead atoms. The van der Waals surface area contributed by atoms with Gasteiger partial charge in [0.25, 0.3) is 5.91 Å². The van der Waals surface area contributed by atoms with E-state index in [0.717, 1.165) is 11.3 Å². The number of thiazole rings is 1. The first kappa shape index (κ1) is 20.3. The molecule has 1 aliphatic rings. The van der Waals surface area contributed by atoms with Crippen LogP contribution in [0.2, 0.25) is 0 Å². The van der Waals surface area contributed by atoms with Crippen LogP contribution in [-0.2, 0) is 4.79 Å². The smallest absolute Gasteiger partial charge is 0.296 e. The number of benzene rings is 2. The van der Waals surface area contributed by atoms with Crippen LogP contribution in [-0.4, -0.2) is 28.9 Å². The monoisotopic (exact) mass is 466 g/mol. The third kappa shape index (κ3) is 3.26. The molecule has 0 saturated heterocycles. The summed E-state index contributed by atoms with van der Waals surface area (Å²) in [5, 5.41) is 12.8.